The maximum atomic E-state index is 12.1. The number of hydrogen-bond acceptors (Lipinski definition) is 5. The molecule has 2 rings (SSSR count). The van der Waals surface area contributed by atoms with E-state index in [4.69, 9.17) is 5.11 Å². The summed E-state index contributed by atoms with van der Waals surface area (Å²) in [7, 11) is 0. The van der Waals surface area contributed by atoms with Crippen molar-refractivity contribution in [2.24, 2.45) is 0 Å². The van der Waals surface area contributed by atoms with Crippen LogP contribution in [0, 0.1) is 0 Å². The standard InChI is InChI=1S/C16H15F2NO5S/c1-16(23,14(21)22)8-19-13(20)12-7-6-11(25-12)9-2-4-10(5-3-9)24-15(17)18/h2-7,15,23H,8H2,1H3,(H,19,20)(H,21,22). The monoisotopic (exact) mass is 371 g/mol. The zero-order chi connectivity index (χ0) is 18.6. The topological polar surface area (TPSA) is 95.9 Å². The van der Waals surface area contributed by atoms with Gasteiger partial charge in [-0.05, 0) is 48.9 Å². The molecule has 0 spiro atoms. The highest BCUT2D eigenvalue weighted by atomic mass is 32.1. The van der Waals surface area contributed by atoms with Gasteiger partial charge in [0.05, 0.1) is 11.4 Å². The van der Waals surface area contributed by atoms with E-state index in [0.717, 1.165) is 23.1 Å². The van der Waals surface area contributed by atoms with E-state index in [2.05, 4.69) is 10.1 Å². The van der Waals surface area contributed by atoms with Crippen molar-refractivity contribution in [1.82, 2.24) is 5.32 Å². The fraction of sp³-hybridized carbons (Fsp3) is 0.250. The summed E-state index contributed by atoms with van der Waals surface area (Å²) in [6.07, 6.45) is 0. The minimum absolute atomic E-state index is 0.0316. The second-order valence-electron chi connectivity index (χ2n) is 5.33. The smallest absolute Gasteiger partial charge is 0.387 e. The van der Waals surface area contributed by atoms with Crippen LogP contribution >= 0.6 is 11.3 Å². The van der Waals surface area contributed by atoms with Crippen LogP contribution < -0.4 is 10.1 Å². The van der Waals surface area contributed by atoms with E-state index in [-0.39, 0.29) is 5.75 Å². The van der Waals surface area contributed by atoms with Gasteiger partial charge in [-0.15, -0.1) is 11.3 Å². The molecule has 134 valence electrons. The number of thiophene rings is 1. The number of carbonyl (C=O) groups excluding carboxylic acids is 1. The molecule has 0 aliphatic carbocycles. The van der Waals surface area contributed by atoms with Crippen LogP contribution in [-0.2, 0) is 4.79 Å². The van der Waals surface area contributed by atoms with Crippen molar-refractivity contribution in [3.63, 3.8) is 0 Å². The predicted molar refractivity (Wildman–Crippen MR) is 87.0 cm³/mol. The van der Waals surface area contributed by atoms with E-state index in [1.165, 1.54) is 12.1 Å². The van der Waals surface area contributed by atoms with E-state index < -0.39 is 30.6 Å². The van der Waals surface area contributed by atoms with Crippen LogP contribution in [0.4, 0.5) is 8.78 Å². The van der Waals surface area contributed by atoms with Crippen LogP contribution in [0.1, 0.15) is 16.6 Å². The van der Waals surface area contributed by atoms with Crippen LogP contribution in [0.15, 0.2) is 36.4 Å². The first-order chi connectivity index (χ1) is 11.7. The lowest BCUT2D eigenvalue weighted by Gasteiger charge is -2.17. The van der Waals surface area contributed by atoms with Crippen molar-refractivity contribution in [2.45, 2.75) is 19.1 Å². The molecular formula is C16H15F2NO5S. The van der Waals surface area contributed by atoms with Gasteiger partial charge in [0, 0.05) is 4.88 Å². The number of carboxylic acids is 1. The highest BCUT2D eigenvalue weighted by Gasteiger charge is 2.30. The summed E-state index contributed by atoms with van der Waals surface area (Å²) in [5, 5.41) is 20.7. The lowest BCUT2D eigenvalue weighted by atomic mass is 10.1. The Morgan fingerprint density at radius 1 is 1.24 bits per heavy atom. The molecule has 9 heteroatoms. The van der Waals surface area contributed by atoms with Crippen molar-refractivity contribution in [2.75, 3.05) is 6.54 Å². The number of amides is 1. The minimum Gasteiger partial charge on any atom is -0.479 e. The molecule has 1 atom stereocenters. The lowest BCUT2D eigenvalue weighted by Crippen LogP contribution is -2.46. The first kappa shape index (κ1) is 18.8. The largest absolute Gasteiger partial charge is 0.479 e. The number of hydrogen-bond donors (Lipinski definition) is 3. The molecule has 2 aromatic rings. The molecule has 0 fully saturated rings. The second-order valence-corrected chi connectivity index (χ2v) is 6.41. The number of carbonyl (C=O) groups is 2. The SMILES string of the molecule is CC(O)(CNC(=O)c1ccc(-c2ccc(OC(F)F)cc2)s1)C(=O)O. The molecule has 0 bridgehead atoms. The van der Waals surface area contributed by atoms with Gasteiger partial charge in [-0.25, -0.2) is 4.79 Å². The van der Waals surface area contributed by atoms with E-state index >= 15 is 0 Å². The predicted octanol–water partition coefficient (Wildman–Crippen LogP) is 2.58. The van der Waals surface area contributed by atoms with E-state index in [0.29, 0.717) is 10.4 Å². The Kier molecular flexibility index (Phi) is 5.70. The van der Waals surface area contributed by atoms with Gasteiger partial charge >= 0.3 is 12.6 Å². The normalized spacial score (nSPS) is 13.3. The van der Waals surface area contributed by atoms with Crippen LogP contribution in [0.5, 0.6) is 5.75 Å². The summed E-state index contributed by atoms with van der Waals surface area (Å²) in [6.45, 7) is -2.25. The van der Waals surface area contributed by atoms with Gasteiger partial charge in [0.15, 0.2) is 5.60 Å². The lowest BCUT2D eigenvalue weighted by molar-refractivity contribution is -0.155. The second kappa shape index (κ2) is 7.58. The molecule has 0 radical (unpaired) electrons. The molecule has 6 nitrogen and oxygen atoms in total. The first-order valence-electron chi connectivity index (χ1n) is 7.08. The highest BCUT2D eigenvalue weighted by molar-refractivity contribution is 7.17. The summed E-state index contributed by atoms with van der Waals surface area (Å²) in [5.74, 6) is -1.93. The summed E-state index contributed by atoms with van der Waals surface area (Å²) < 4.78 is 28.5. The molecule has 1 heterocycles. The Bertz CT molecular complexity index is 758. The molecule has 1 unspecified atom stereocenters. The molecule has 0 aliphatic heterocycles. The molecule has 1 aromatic heterocycles. The molecule has 25 heavy (non-hydrogen) atoms. The van der Waals surface area contributed by atoms with Crippen molar-refractivity contribution >= 4 is 23.2 Å². The molecule has 1 amide bonds. The number of benzene rings is 1. The van der Waals surface area contributed by atoms with E-state index in [9.17, 15) is 23.5 Å². The molecule has 1 aromatic carbocycles. The van der Waals surface area contributed by atoms with Crippen LogP contribution in [0.3, 0.4) is 0 Å². The Hall–Kier alpha value is -2.52. The molecule has 0 saturated carbocycles. The number of halogens is 2. The van der Waals surface area contributed by atoms with Crippen LogP contribution in [0.25, 0.3) is 10.4 Å². The van der Waals surface area contributed by atoms with Gasteiger partial charge < -0.3 is 20.3 Å². The van der Waals surface area contributed by atoms with Gasteiger partial charge in [0.2, 0.25) is 0 Å². The number of aliphatic carboxylic acids is 1. The van der Waals surface area contributed by atoms with Gasteiger partial charge in [-0.2, -0.15) is 8.78 Å². The Morgan fingerprint density at radius 3 is 2.44 bits per heavy atom. The van der Waals surface area contributed by atoms with Crippen molar-refractivity contribution in [3.8, 4) is 16.2 Å². The average Bonchev–Trinajstić information content (AvgIpc) is 3.02. The Morgan fingerprint density at radius 2 is 1.88 bits per heavy atom. The maximum Gasteiger partial charge on any atom is 0.387 e. The quantitative estimate of drug-likeness (QED) is 0.695. The first-order valence-corrected chi connectivity index (χ1v) is 7.90. The van der Waals surface area contributed by atoms with Crippen molar-refractivity contribution in [3.05, 3.63) is 41.3 Å². The summed E-state index contributed by atoms with van der Waals surface area (Å²) in [6, 6.07) is 9.18. The fourth-order valence-electron chi connectivity index (χ4n) is 1.83. The van der Waals surface area contributed by atoms with Crippen molar-refractivity contribution in [1.29, 1.82) is 0 Å². The van der Waals surface area contributed by atoms with Gasteiger partial charge in [-0.3, -0.25) is 4.79 Å². The number of ether oxygens (including phenoxy) is 1. The fourth-order valence-corrected chi connectivity index (χ4v) is 2.76. The number of carboxylic acid groups (broad SMARTS) is 1. The minimum atomic E-state index is -2.90. The third kappa shape index (κ3) is 4.97. The molecule has 3 N–H and O–H groups in total. The Balaban J connectivity index is 2.04. The van der Waals surface area contributed by atoms with Crippen LogP contribution in [0.2, 0.25) is 0 Å². The third-order valence-electron chi connectivity index (χ3n) is 3.25. The van der Waals surface area contributed by atoms with Gasteiger partial charge in [0.25, 0.3) is 5.91 Å². The number of alkyl halides is 2. The zero-order valence-electron chi connectivity index (χ0n) is 13.0. The Labute approximate surface area is 145 Å². The average molecular weight is 371 g/mol. The highest BCUT2D eigenvalue weighted by Crippen LogP contribution is 2.29. The van der Waals surface area contributed by atoms with Crippen LogP contribution in [-0.4, -0.2) is 40.8 Å². The number of rotatable bonds is 7. The molecule has 0 saturated heterocycles. The number of nitrogens with one attached hydrogen (secondary N) is 1. The molecular weight excluding hydrogens is 356 g/mol. The van der Waals surface area contributed by atoms with Crippen molar-refractivity contribution < 1.29 is 33.3 Å². The zero-order valence-corrected chi connectivity index (χ0v) is 13.8. The third-order valence-corrected chi connectivity index (χ3v) is 4.38. The number of aliphatic hydroxyl groups is 1. The summed E-state index contributed by atoms with van der Waals surface area (Å²) >= 11 is 1.14. The summed E-state index contributed by atoms with van der Waals surface area (Å²) in [4.78, 5) is 23.9. The van der Waals surface area contributed by atoms with E-state index in [1.54, 1.807) is 24.3 Å². The summed E-state index contributed by atoms with van der Waals surface area (Å²) in [5.41, 5.74) is -1.35. The van der Waals surface area contributed by atoms with Gasteiger partial charge in [-0.1, -0.05) is 0 Å². The molecule has 0 aliphatic rings. The van der Waals surface area contributed by atoms with E-state index in [1.807, 2.05) is 0 Å². The maximum absolute atomic E-state index is 12.1. The van der Waals surface area contributed by atoms with Gasteiger partial charge in [0.1, 0.15) is 5.75 Å².